The lowest BCUT2D eigenvalue weighted by atomic mass is 9.89. The van der Waals surface area contributed by atoms with Gasteiger partial charge in [0.05, 0.1) is 18.8 Å². The highest BCUT2D eigenvalue weighted by Crippen LogP contribution is 2.26. The first kappa shape index (κ1) is 22.1. The summed E-state index contributed by atoms with van der Waals surface area (Å²) in [5.41, 5.74) is 1.11. The zero-order valence-corrected chi connectivity index (χ0v) is 18.4. The maximum absolute atomic E-state index is 5.57. The van der Waals surface area contributed by atoms with Gasteiger partial charge in [-0.25, -0.2) is 4.98 Å². The normalized spacial score (nSPS) is 18.6. The highest BCUT2D eigenvalue weighted by Gasteiger charge is 2.34. The van der Waals surface area contributed by atoms with Gasteiger partial charge >= 0.3 is 0 Å². The first-order valence-electron chi connectivity index (χ1n) is 9.63. The van der Waals surface area contributed by atoms with E-state index in [0.29, 0.717) is 0 Å². The Labute approximate surface area is 167 Å². The first-order chi connectivity index (χ1) is 12.9. The van der Waals surface area contributed by atoms with E-state index >= 15 is 0 Å². The van der Waals surface area contributed by atoms with E-state index in [-0.39, 0.29) is 11.6 Å². The summed E-state index contributed by atoms with van der Waals surface area (Å²) in [7, 11) is 8.06. The number of hydrogen-bond donors (Lipinski definition) is 1. The van der Waals surface area contributed by atoms with Crippen LogP contribution in [0.1, 0.15) is 43.5 Å². The van der Waals surface area contributed by atoms with E-state index in [9.17, 15) is 0 Å². The molecule has 0 aromatic carbocycles. The summed E-state index contributed by atoms with van der Waals surface area (Å²) in [6.07, 6.45) is 2.05. The maximum Gasteiger partial charge on any atom is 0.194 e. The van der Waals surface area contributed by atoms with Gasteiger partial charge in [0.25, 0.3) is 0 Å². The van der Waals surface area contributed by atoms with Crippen LogP contribution >= 0.6 is 11.3 Å². The van der Waals surface area contributed by atoms with Gasteiger partial charge in [-0.3, -0.25) is 4.99 Å². The second-order valence-electron chi connectivity index (χ2n) is 7.31. The van der Waals surface area contributed by atoms with E-state index in [1.54, 1.807) is 18.4 Å². The number of ether oxygens (including phenoxy) is 2. The largest absolute Gasteiger partial charge is 0.381 e. The quantitative estimate of drug-likeness (QED) is 0.537. The van der Waals surface area contributed by atoms with E-state index in [0.717, 1.165) is 62.4 Å². The molecule has 1 aromatic rings. The Morgan fingerprint density at radius 3 is 2.70 bits per heavy atom. The summed E-state index contributed by atoms with van der Waals surface area (Å²) in [5, 5.41) is 6.53. The minimum Gasteiger partial charge on any atom is -0.381 e. The second-order valence-corrected chi connectivity index (χ2v) is 8.20. The summed E-state index contributed by atoms with van der Waals surface area (Å²) in [5.74, 6) is 0.916. The molecule has 0 saturated carbocycles. The lowest BCUT2D eigenvalue weighted by Crippen LogP contribution is -2.51. The minimum absolute atomic E-state index is 0.0319. The molecule has 1 unspecified atom stereocenters. The van der Waals surface area contributed by atoms with Crippen LogP contribution in [0.3, 0.4) is 0 Å². The predicted molar refractivity (Wildman–Crippen MR) is 111 cm³/mol. The summed E-state index contributed by atoms with van der Waals surface area (Å²) < 4.78 is 10.9. The molecule has 1 aliphatic heterocycles. The average Bonchev–Trinajstić information content (AvgIpc) is 3.13. The molecule has 0 radical (unpaired) electrons. The summed E-state index contributed by atoms with van der Waals surface area (Å²) in [4.78, 5) is 14.1. The summed E-state index contributed by atoms with van der Waals surface area (Å²) >= 11 is 1.65. The molecule has 2 rings (SSSR count). The molecule has 1 saturated heterocycles. The molecular formula is C19H35N5O2S. The third-order valence-electron chi connectivity index (χ3n) is 5.26. The smallest absolute Gasteiger partial charge is 0.194 e. The van der Waals surface area contributed by atoms with Crippen LogP contribution < -0.4 is 5.32 Å². The average molecular weight is 398 g/mol. The van der Waals surface area contributed by atoms with Gasteiger partial charge < -0.3 is 24.6 Å². The molecular weight excluding hydrogens is 362 g/mol. The number of hydrogen-bond acceptors (Lipinski definition) is 6. The van der Waals surface area contributed by atoms with Crippen LogP contribution in [0.25, 0.3) is 0 Å². The molecule has 0 amide bonds. The number of aromatic nitrogens is 1. The topological polar surface area (TPSA) is 62.2 Å². The number of nitrogens with one attached hydrogen (secondary N) is 1. The van der Waals surface area contributed by atoms with Crippen LogP contribution in [0.15, 0.2) is 10.4 Å². The van der Waals surface area contributed by atoms with Crippen LogP contribution in [0.2, 0.25) is 0 Å². The third kappa shape index (κ3) is 5.88. The van der Waals surface area contributed by atoms with Gasteiger partial charge in [-0.1, -0.05) is 0 Å². The molecule has 27 heavy (non-hydrogen) atoms. The minimum atomic E-state index is 0.0319. The molecule has 8 heteroatoms. The predicted octanol–water partition coefficient (Wildman–Crippen LogP) is 2.36. The summed E-state index contributed by atoms with van der Waals surface area (Å²) in [6.45, 7) is 8.05. The molecule has 1 fully saturated rings. The molecule has 2 heterocycles. The van der Waals surface area contributed by atoms with Crippen molar-refractivity contribution in [3.63, 3.8) is 0 Å². The molecule has 1 aliphatic rings. The number of nitrogens with zero attached hydrogens (tertiary/aromatic N) is 4. The fraction of sp³-hybridized carbons (Fsp3) is 0.789. The number of rotatable bonds is 8. The SMILES string of the molecule is CCNC(=NCC1(N(C)C)CCOCC1)N(C)Cc1csc(C(C)OC)n1. The number of likely N-dealkylation sites (N-methyl/N-ethyl adjacent to an activating group) is 1. The first-order valence-corrected chi connectivity index (χ1v) is 10.5. The standard InChI is InChI=1S/C19H35N5O2S/c1-7-20-18(21-14-19(23(3)4)8-10-26-11-9-19)24(5)12-16-13-27-17(22-16)15(2)25-6/h13,15H,7-12,14H2,1-6H3,(H,20,21). The molecule has 154 valence electrons. The van der Waals surface area contributed by atoms with Crippen molar-refractivity contribution in [3.05, 3.63) is 16.1 Å². The Bertz CT molecular complexity index is 599. The molecule has 0 spiro atoms. The van der Waals surface area contributed by atoms with Crippen molar-refractivity contribution in [1.29, 1.82) is 0 Å². The van der Waals surface area contributed by atoms with E-state index < -0.39 is 0 Å². The van der Waals surface area contributed by atoms with Crippen LogP contribution in [-0.4, -0.2) is 80.8 Å². The van der Waals surface area contributed by atoms with Crippen molar-refractivity contribution < 1.29 is 9.47 Å². The molecule has 7 nitrogen and oxygen atoms in total. The Morgan fingerprint density at radius 1 is 1.41 bits per heavy atom. The van der Waals surface area contributed by atoms with Crippen molar-refractivity contribution >= 4 is 17.3 Å². The zero-order valence-electron chi connectivity index (χ0n) is 17.6. The number of methoxy groups -OCH3 is 1. The van der Waals surface area contributed by atoms with Crippen molar-refractivity contribution in [2.75, 3.05) is 54.6 Å². The van der Waals surface area contributed by atoms with Gasteiger partial charge in [0.15, 0.2) is 5.96 Å². The van der Waals surface area contributed by atoms with E-state index in [1.807, 2.05) is 6.92 Å². The molecule has 0 bridgehead atoms. The van der Waals surface area contributed by atoms with Crippen LogP contribution in [-0.2, 0) is 16.0 Å². The zero-order chi connectivity index (χ0) is 19.9. The van der Waals surface area contributed by atoms with Gasteiger partial charge in [0, 0.05) is 44.8 Å². The van der Waals surface area contributed by atoms with Gasteiger partial charge in [-0.2, -0.15) is 0 Å². The van der Waals surface area contributed by atoms with Crippen molar-refractivity contribution in [2.24, 2.45) is 4.99 Å². The van der Waals surface area contributed by atoms with Gasteiger partial charge in [0.1, 0.15) is 11.1 Å². The highest BCUT2D eigenvalue weighted by atomic mass is 32.1. The molecule has 0 aliphatic carbocycles. The van der Waals surface area contributed by atoms with E-state index in [4.69, 9.17) is 19.5 Å². The van der Waals surface area contributed by atoms with E-state index in [2.05, 4.69) is 48.6 Å². The lowest BCUT2D eigenvalue weighted by molar-refractivity contribution is -0.00263. The number of guanidine groups is 1. The molecule has 1 atom stereocenters. The Hall–Kier alpha value is -1.22. The van der Waals surface area contributed by atoms with Crippen LogP contribution in [0.5, 0.6) is 0 Å². The highest BCUT2D eigenvalue weighted by molar-refractivity contribution is 7.09. The van der Waals surface area contributed by atoms with Gasteiger partial charge in [0.2, 0.25) is 0 Å². The molecule has 1 N–H and O–H groups in total. The summed E-state index contributed by atoms with van der Waals surface area (Å²) in [6, 6.07) is 0. The van der Waals surface area contributed by atoms with Gasteiger partial charge in [-0.15, -0.1) is 11.3 Å². The number of aliphatic imine (C=N–C) groups is 1. The third-order valence-corrected chi connectivity index (χ3v) is 6.32. The van der Waals surface area contributed by atoms with Crippen molar-refractivity contribution in [1.82, 2.24) is 20.1 Å². The Kier molecular flexibility index (Phi) is 8.47. The Morgan fingerprint density at radius 2 is 2.11 bits per heavy atom. The number of thiazole rings is 1. The fourth-order valence-electron chi connectivity index (χ4n) is 3.19. The molecule has 1 aromatic heterocycles. The monoisotopic (exact) mass is 397 g/mol. The van der Waals surface area contributed by atoms with Crippen LogP contribution in [0, 0.1) is 0 Å². The van der Waals surface area contributed by atoms with Gasteiger partial charge in [-0.05, 0) is 40.8 Å². The van der Waals surface area contributed by atoms with Crippen LogP contribution in [0.4, 0.5) is 0 Å². The fourth-order valence-corrected chi connectivity index (χ4v) is 4.03. The second kappa shape index (κ2) is 10.4. The van der Waals surface area contributed by atoms with Crippen molar-refractivity contribution in [2.45, 2.75) is 44.9 Å². The Balaban J connectivity index is 2.07. The maximum atomic E-state index is 5.57. The van der Waals surface area contributed by atoms with E-state index in [1.165, 1.54) is 0 Å². The lowest BCUT2D eigenvalue weighted by Gasteiger charge is -2.42. The van der Waals surface area contributed by atoms with Crippen molar-refractivity contribution in [3.8, 4) is 0 Å².